The average Bonchev–Trinajstić information content (AvgIpc) is 2.59. The van der Waals surface area contributed by atoms with Crippen LogP contribution >= 0.6 is 11.8 Å². The van der Waals surface area contributed by atoms with Gasteiger partial charge in [0.2, 0.25) is 0 Å². The third kappa shape index (κ3) is 3.83. The number of ether oxygens (including phenoxy) is 1. The summed E-state index contributed by atoms with van der Waals surface area (Å²) in [6, 6.07) is 17.3. The molecule has 0 saturated carbocycles. The zero-order valence-corrected chi connectivity index (χ0v) is 12.6. The van der Waals surface area contributed by atoms with Crippen molar-refractivity contribution in [3.05, 3.63) is 66.4 Å². The Morgan fingerprint density at radius 3 is 2.55 bits per heavy atom. The van der Waals surface area contributed by atoms with Gasteiger partial charge in [0.05, 0.1) is 23.0 Å². The Morgan fingerprint density at radius 2 is 1.73 bits per heavy atom. The van der Waals surface area contributed by atoms with E-state index >= 15 is 0 Å². The van der Waals surface area contributed by atoms with Crippen molar-refractivity contribution in [2.45, 2.75) is 11.6 Å². The monoisotopic (exact) mass is 310 g/mol. The van der Waals surface area contributed by atoms with Crippen LogP contribution in [0.4, 0.5) is 0 Å². The van der Waals surface area contributed by atoms with Crippen molar-refractivity contribution in [2.75, 3.05) is 5.75 Å². The average molecular weight is 310 g/mol. The zero-order chi connectivity index (χ0) is 15.2. The number of carbonyl (C=O) groups excluding carboxylic acids is 1. The van der Waals surface area contributed by atoms with Gasteiger partial charge in [0, 0.05) is 0 Å². The molecule has 0 aliphatic carbocycles. The first-order valence-electron chi connectivity index (χ1n) is 6.85. The normalized spacial score (nSPS) is 10.5. The lowest BCUT2D eigenvalue weighted by Crippen LogP contribution is -2.07. The molecule has 0 saturated heterocycles. The van der Waals surface area contributed by atoms with Crippen LogP contribution < -0.4 is 0 Å². The smallest absolute Gasteiger partial charge is 0.316 e. The van der Waals surface area contributed by atoms with Crippen LogP contribution in [0.3, 0.4) is 0 Å². The fraction of sp³-hybridized carbons (Fsp3) is 0.118. The topological polar surface area (TPSA) is 52.1 Å². The number of carbonyl (C=O) groups is 1. The Kier molecular flexibility index (Phi) is 4.65. The number of nitrogens with zero attached hydrogens (tertiary/aromatic N) is 2. The van der Waals surface area contributed by atoms with Crippen molar-refractivity contribution in [1.82, 2.24) is 9.97 Å². The van der Waals surface area contributed by atoms with Gasteiger partial charge in [-0.25, -0.2) is 4.98 Å². The maximum absolute atomic E-state index is 11.8. The van der Waals surface area contributed by atoms with Crippen molar-refractivity contribution >= 4 is 28.8 Å². The number of hydrogen-bond donors (Lipinski definition) is 0. The van der Waals surface area contributed by atoms with Crippen LogP contribution in [0.2, 0.25) is 0 Å². The van der Waals surface area contributed by atoms with Crippen molar-refractivity contribution < 1.29 is 9.53 Å². The maximum Gasteiger partial charge on any atom is 0.316 e. The Bertz CT molecular complexity index is 778. The number of aromatic nitrogens is 2. The molecule has 0 fully saturated rings. The highest BCUT2D eigenvalue weighted by molar-refractivity contribution is 7.99. The molecule has 0 amide bonds. The summed E-state index contributed by atoms with van der Waals surface area (Å²) in [7, 11) is 0. The number of benzene rings is 2. The molecule has 0 aliphatic heterocycles. The molecule has 3 aromatic rings. The molecule has 1 heterocycles. The molecule has 1 aromatic heterocycles. The number of hydrogen-bond acceptors (Lipinski definition) is 5. The molecule has 0 N–H and O–H groups in total. The lowest BCUT2D eigenvalue weighted by Gasteiger charge is -2.05. The fourth-order valence-corrected chi connectivity index (χ4v) is 2.56. The van der Waals surface area contributed by atoms with Gasteiger partial charge in [0.25, 0.3) is 0 Å². The minimum atomic E-state index is -0.260. The molecule has 4 nitrogen and oxygen atoms in total. The van der Waals surface area contributed by atoms with Gasteiger partial charge in [0.1, 0.15) is 11.6 Å². The first kappa shape index (κ1) is 14.5. The van der Waals surface area contributed by atoms with Gasteiger partial charge in [-0.2, -0.15) is 0 Å². The first-order valence-corrected chi connectivity index (χ1v) is 7.84. The number of fused-ring (bicyclic) bond motifs is 1. The van der Waals surface area contributed by atoms with Gasteiger partial charge in [-0.05, 0) is 17.7 Å². The highest BCUT2D eigenvalue weighted by Gasteiger charge is 2.06. The van der Waals surface area contributed by atoms with Crippen LogP contribution in [0.15, 0.2) is 65.8 Å². The van der Waals surface area contributed by atoms with Gasteiger partial charge >= 0.3 is 5.97 Å². The standard InChI is InChI=1S/C17H14N2O2S/c20-17(21-11-13-6-2-1-3-7-13)12-22-16-10-18-14-8-4-5-9-15(14)19-16/h1-10H,11-12H2. The highest BCUT2D eigenvalue weighted by atomic mass is 32.2. The van der Waals surface area contributed by atoms with E-state index in [2.05, 4.69) is 9.97 Å². The fourth-order valence-electron chi connectivity index (χ4n) is 1.92. The minimum absolute atomic E-state index is 0.222. The van der Waals surface area contributed by atoms with E-state index in [1.54, 1.807) is 6.20 Å². The molecular formula is C17H14N2O2S. The van der Waals surface area contributed by atoms with Gasteiger partial charge in [-0.15, -0.1) is 0 Å². The summed E-state index contributed by atoms with van der Waals surface area (Å²) in [4.78, 5) is 20.5. The predicted molar refractivity (Wildman–Crippen MR) is 86.5 cm³/mol. The Balaban J connectivity index is 1.53. The van der Waals surface area contributed by atoms with E-state index in [1.807, 2.05) is 54.6 Å². The molecule has 5 heteroatoms. The number of thioether (sulfide) groups is 1. The lowest BCUT2D eigenvalue weighted by molar-refractivity contribution is -0.141. The van der Waals surface area contributed by atoms with Crippen LogP contribution in [-0.4, -0.2) is 21.7 Å². The molecule has 22 heavy (non-hydrogen) atoms. The summed E-state index contributed by atoms with van der Waals surface area (Å²) in [6.45, 7) is 0.295. The summed E-state index contributed by atoms with van der Waals surface area (Å²) >= 11 is 1.33. The van der Waals surface area contributed by atoms with Crippen LogP contribution in [0.25, 0.3) is 11.0 Å². The van der Waals surface area contributed by atoms with E-state index < -0.39 is 0 Å². The summed E-state index contributed by atoms with van der Waals surface area (Å²) in [6.07, 6.45) is 1.68. The van der Waals surface area contributed by atoms with Crippen molar-refractivity contribution in [3.8, 4) is 0 Å². The van der Waals surface area contributed by atoms with Gasteiger partial charge in [0.15, 0.2) is 0 Å². The van der Waals surface area contributed by atoms with E-state index in [0.717, 1.165) is 21.6 Å². The molecule has 110 valence electrons. The zero-order valence-electron chi connectivity index (χ0n) is 11.8. The largest absolute Gasteiger partial charge is 0.460 e. The SMILES string of the molecule is O=C(CSc1cnc2ccccc2n1)OCc1ccccc1. The van der Waals surface area contributed by atoms with E-state index in [9.17, 15) is 4.79 Å². The summed E-state index contributed by atoms with van der Waals surface area (Å²) < 4.78 is 5.23. The van der Waals surface area contributed by atoms with Gasteiger partial charge < -0.3 is 4.74 Å². The first-order chi connectivity index (χ1) is 10.8. The van der Waals surface area contributed by atoms with Gasteiger partial charge in [-0.3, -0.25) is 9.78 Å². The van der Waals surface area contributed by atoms with Gasteiger partial charge in [-0.1, -0.05) is 54.2 Å². The lowest BCUT2D eigenvalue weighted by atomic mass is 10.2. The maximum atomic E-state index is 11.8. The minimum Gasteiger partial charge on any atom is -0.460 e. The molecule has 3 rings (SSSR count). The Hall–Kier alpha value is -2.40. The second kappa shape index (κ2) is 7.04. The summed E-state index contributed by atoms with van der Waals surface area (Å²) in [5.41, 5.74) is 2.65. The second-order valence-electron chi connectivity index (χ2n) is 4.63. The third-order valence-electron chi connectivity index (χ3n) is 3.01. The quantitative estimate of drug-likeness (QED) is 0.533. The number of esters is 1. The Morgan fingerprint density at radius 1 is 1.00 bits per heavy atom. The third-order valence-corrected chi connectivity index (χ3v) is 3.88. The van der Waals surface area contributed by atoms with E-state index in [1.165, 1.54) is 11.8 Å². The molecule has 2 aromatic carbocycles. The van der Waals surface area contributed by atoms with Crippen LogP contribution in [0.5, 0.6) is 0 Å². The van der Waals surface area contributed by atoms with Crippen molar-refractivity contribution in [3.63, 3.8) is 0 Å². The summed E-state index contributed by atoms with van der Waals surface area (Å²) in [5, 5.41) is 0.718. The molecule has 0 aliphatic rings. The molecular weight excluding hydrogens is 296 g/mol. The molecule has 0 unspecified atom stereocenters. The van der Waals surface area contributed by atoms with Crippen molar-refractivity contribution in [2.24, 2.45) is 0 Å². The second-order valence-corrected chi connectivity index (χ2v) is 5.63. The van der Waals surface area contributed by atoms with E-state index in [4.69, 9.17) is 4.74 Å². The molecule has 0 spiro atoms. The van der Waals surface area contributed by atoms with Crippen LogP contribution in [0, 0.1) is 0 Å². The van der Waals surface area contributed by atoms with E-state index in [-0.39, 0.29) is 11.7 Å². The van der Waals surface area contributed by atoms with Crippen LogP contribution in [-0.2, 0) is 16.1 Å². The number of rotatable bonds is 5. The highest BCUT2D eigenvalue weighted by Crippen LogP contribution is 2.18. The molecule has 0 radical (unpaired) electrons. The van der Waals surface area contributed by atoms with Crippen LogP contribution in [0.1, 0.15) is 5.56 Å². The Labute approximate surface area is 132 Å². The predicted octanol–water partition coefficient (Wildman–Crippen LogP) is 3.47. The van der Waals surface area contributed by atoms with E-state index in [0.29, 0.717) is 6.61 Å². The summed E-state index contributed by atoms with van der Waals surface area (Å²) in [5.74, 6) is -0.0383. The molecule has 0 bridgehead atoms. The van der Waals surface area contributed by atoms with Crippen molar-refractivity contribution in [1.29, 1.82) is 0 Å². The molecule has 0 atom stereocenters. The number of para-hydroxylation sites is 2.